The van der Waals surface area contributed by atoms with E-state index in [1.54, 1.807) is 22.7 Å². The molecule has 1 fully saturated rings. The zero-order valence-corrected chi connectivity index (χ0v) is 15.2. The predicted octanol–water partition coefficient (Wildman–Crippen LogP) is 3.03. The average Bonchev–Trinajstić information content (AvgIpc) is 3.09. The summed E-state index contributed by atoms with van der Waals surface area (Å²) in [6.07, 6.45) is 0.406. The van der Waals surface area contributed by atoms with Gasteiger partial charge in [0.2, 0.25) is 5.91 Å². The highest BCUT2D eigenvalue weighted by molar-refractivity contribution is 9.10. The number of hydrogen-bond donors (Lipinski definition) is 1. The van der Waals surface area contributed by atoms with Crippen LogP contribution in [0.2, 0.25) is 0 Å². The summed E-state index contributed by atoms with van der Waals surface area (Å²) in [6.45, 7) is 3.37. The van der Waals surface area contributed by atoms with Crippen molar-refractivity contribution in [3.63, 3.8) is 0 Å². The summed E-state index contributed by atoms with van der Waals surface area (Å²) in [5, 5.41) is 8.27. The molecular formula is C13H15BrClN3OS2. The molecule has 4 nitrogen and oxygen atoms in total. The van der Waals surface area contributed by atoms with Gasteiger partial charge in [-0.05, 0) is 22.0 Å². The molecule has 21 heavy (non-hydrogen) atoms. The van der Waals surface area contributed by atoms with Gasteiger partial charge in [-0.3, -0.25) is 4.79 Å². The first-order chi connectivity index (χ1) is 9.72. The maximum Gasteiger partial charge on any atom is 0.228 e. The van der Waals surface area contributed by atoms with E-state index in [-0.39, 0.29) is 18.3 Å². The molecule has 0 aromatic carbocycles. The number of carbonyl (C=O) groups is 1. The summed E-state index contributed by atoms with van der Waals surface area (Å²) in [7, 11) is 0. The molecule has 0 spiro atoms. The lowest BCUT2D eigenvalue weighted by atomic mass is 10.2. The molecule has 1 aliphatic rings. The largest absolute Gasteiger partial charge is 0.340 e. The molecule has 0 atom stereocenters. The Balaban J connectivity index is 0.00000161. The molecular weight excluding hydrogens is 394 g/mol. The number of piperazine rings is 1. The first-order valence-corrected chi connectivity index (χ1v) is 8.95. The highest BCUT2D eigenvalue weighted by atomic mass is 79.9. The number of nitrogens with one attached hydrogen (secondary N) is 1. The van der Waals surface area contributed by atoms with Crippen LogP contribution in [0.25, 0.3) is 9.88 Å². The highest BCUT2D eigenvalue weighted by Crippen LogP contribution is 2.32. The first-order valence-electron chi connectivity index (χ1n) is 6.39. The second-order valence-electron chi connectivity index (χ2n) is 4.58. The van der Waals surface area contributed by atoms with E-state index in [9.17, 15) is 4.79 Å². The molecule has 1 N–H and O–H groups in total. The second kappa shape index (κ2) is 7.69. The number of nitrogens with zero attached hydrogens (tertiary/aromatic N) is 2. The molecule has 8 heteroatoms. The number of hydrogen-bond acceptors (Lipinski definition) is 5. The van der Waals surface area contributed by atoms with E-state index in [0.717, 1.165) is 46.2 Å². The molecule has 0 aliphatic carbocycles. The Morgan fingerprint density at radius 2 is 2.10 bits per heavy atom. The zero-order valence-electron chi connectivity index (χ0n) is 11.2. The smallest absolute Gasteiger partial charge is 0.228 e. The standard InChI is InChI=1S/C13H14BrN3OS2.ClH/c14-9-5-11(19-7-9)13-16-10(8-20-13)6-12(18)17-3-1-15-2-4-17;/h5,7-8,15H,1-4,6H2;1H. The number of thiophene rings is 1. The van der Waals surface area contributed by atoms with Gasteiger partial charge in [-0.15, -0.1) is 35.1 Å². The summed E-state index contributed by atoms with van der Waals surface area (Å²) >= 11 is 6.71. The van der Waals surface area contributed by atoms with E-state index in [0.29, 0.717) is 6.42 Å². The summed E-state index contributed by atoms with van der Waals surface area (Å²) in [6, 6.07) is 2.06. The van der Waals surface area contributed by atoms with Gasteiger partial charge in [0.15, 0.2) is 0 Å². The minimum Gasteiger partial charge on any atom is -0.340 e. The van der Waals surface area contributed by atoms with Gasteiger partial charge in [-0.2, -0.15) is 0 Å². The van der Waals surface area contributed by atoms with E-state index in [1.807, 2.05) is 15.7 Å². The Kier molecular flexibility index (Phi) is 6.19. The SMILES string of the molecule is Cl.O=C(Cc1csc(-c2cc(Br)cs2)n1)N1CCNCC1. The first kappa shape index (κ1) is 16.9. The third-order valence-electron chi connectivity index (χ3n) is 3.13. The number of amides is 1. The quantitative estimate of drug-likeness (QED) is 0.849. The molecule has 3 rings (SSSR count). The Hall–Kier alpha value is -0.470. The van der Waals surface area contributed by atoms with Crippen molar-refractivity contribution in [2.75, 3.05) is 26.2 Å². The Labute approximate surface area is 146 Å². The molecule has 3 heterocycles. The van der Waals surface area contributed by atoms with E-state index in [2.05, 4.69) is 32.3 Å². The molecule has 0 unspecified atom stereocenters. The van der Waals surface area contributed by atoms with Crippen LogP contribution in [-0.4, -0.2) is 42.0 Å². The monoisotopic (exact) mass is 407 g/mol. The molecule has 1 amide bonds. The average molecular weight is 409 g/mol. The van der Waals surface area contributed by atoms with Crippen LogP contribution < -0.4 is 5.32 Å². The molecule has 2 aromatic rings. The number of halogens is 2. The Morgan fingerprint density at radius 1 is 1.33 bits per heavy atom. The van der Waals surface area contributed by atoms with Crippen molar-refractivity contribution >= 4 is 56.9 Å². The normalized spacial score (nSPS) is 14.8. The number of rotatable bonds is 3. The van der Waals surface area contributed by atoms with Crippen LogP contribution in [0.5, 0.6) is 0 Å². The third-order valence-corrected chi connectivity index (χ3v) is 5.88. The lowest BCUT2D eigenvalue weighted by Crippen LogP contribution is -2.46. The van der Waals surface area contributed by atoms with E-state index in [4.69, 9.17) is 0 Å². The maximum absolute atomic E-state index is 12.2. The topological polar surface area (TPSA) is 45.2 Å². The van der Waals surface area contributed by atoms with Crippen molar-refractivity contribution in [2.24, 2.45) is 0 Å². The van der Waals surface area contributed by atoms with Crippen LogP contribution in [0.3, 0.4) is 0 Å². The van der Waals surface area contributed by atoms with Crippen LogP contribution >= 0.6 is 51.0 Å². The third kappa shape index (κ3) is 4.26. The van der Waals surface area contributed by atoms with Crippen molar-refractivity contribution in [3.8, 4) is 9.88 Å². The van der Waals surface area contributed by atoms with E-state index >= 15 is 0 Å². The molecule has 0 bridgehead atoms. The van der Waals surface area contributed by atoms with Gasteiger partial charge in [0.25, 0.3) is 0 Å². The molecule has 0 saturated carbocycles. The summed E-state index contributed by atoms with van der Waals surface area (Å²) in [4.78, 5) is 19.8. The molecule has 1 aliphatic heterocycles. The molecule has 2 aromatic heterocycles. The summed E-state index contributed by atoms with van der Waals surface area (Å²) < 4.78 is 1.08. The minimum atomic E-state index is 0. The van der Waals surface area contributed by atoms with Gasteiger partial charge in [0.1, 0.15) is 5.01 Å². The van der Waals surface area contributed by atoms with Gasteiger partial charge < -0.3 is 10.2 Å². The summed E-state index contributed by atoms with van der Waals surface area (Å²) in [5.74, 6) is 0.177. The predicted molar refractivity (Wildman–Crippen MR) is 93.5 cm³/mol. The van der Waals surface area contributed by atoms with Gasteiger partial charge >= 0.3 is 0 Å². The van der Waals surface area contributed by atoms with Crippen molar-refractivity contribution in [1.29, 1.82) is 0 Å². The molecule has 114 valence electrons. The molecule has 1 saturated heterocycles. The Morgan fingerprint density at radius 3 is 2.76 bits per heavy atom. The maximum atomic E-state index is 12.2. The van der Waals surface area contributed by atoms with Crippen molar-refractivity contribution < 1.29 is 4.79 Å². The van der Waals surface area contributed by atoms with Crippen molar-refractivity contribution in [1.82, 2.24) is 15.2 Å². The fourth-order valence-electron chi connectivity index (χ4n) is 2.11. The fourth-order valence-corrected chi connectivity index (χ4v) is 4.43. The number of aromatic nitrogens is 1. The van der Waals surface area contributed by atoms with Gasteiger partial charge in [-0.1, -0.05) is 0 Å². The van der Waals surface area contributed by atoms with Crippen LogP contribution in [0.4, 0.5) is 0 Å². The lowest BCUT2D eigenvalue weighted by Gasteiger charge is -2.27. The zero-order chi connectivity index (χ0) is 13.9. The van der Waals surface area contributed by atoms with Crippen LogP contribution in [0, 0.1) is 0 Å². The van der Waals surface area contributed by atoms with E-state index < -0.39 is 0 Å². The number of thiazole rings is 1. The van der Waals surface area contributed by atoms with Crippen LogP contribution in [-0.2, 0) is 11.2 Å². The van der Waals surface area contributed by atoms with Crippen molar-refractivity contribution in [2.45, 2.75) is 6.42 Å². The lowest BCUT2D eigenvalue weighted by molar-refractivity contribution is -0.131. The highest BCUT2D eigenvalue weighted by Gasteiger charge is 2.18. The van der Waals surface area contributed by atoms with Gasteiger partial charge in [0.05, 0.1) is 17.0 Å². The summed E-state index contributed by atoms with van der Waals surface area (Å²) in [5.41, 5.74) is 0.873. The molecule has 0 radical (unpaired) electrons. The van der Waals surface area contributed by atoms with Gasteiger partial charge in [0, 0.05) is 41.4 Å². The van der Waals surface area contributed by atoms with Gasteiger partial charge in [-0.25, -0.2) is 4.98 Å². The van der Waals surface area contributed by atoms with Crippen LogP contribution in [0.1, 0.15) is 5.69 Å². The number of carbonyl (C=O) groups excluding carboxylic acids is 1. The fraction of sp³-hybridized carbons (Fsp3) is 0.385. The van der Waals surface area contributed by atoms with Crippen molar-refractivity contribution in [3.05, 3.63) is 27.0 Å². The Bertz CT molecular complexity index is 610. The second-order valence-corrected chi connectivity index (χ2v) is 7.27. The minimum absolute atomic E-state index is 0. The van der Waals surface area contributed by atoms with E-state index in [1.165, 1.54) is 0 Å². The van der Waals surface area contributed by atoms with Crippen LogP contribution in [0.15, 0.2) is 21.3 Å².